The van der Waals surface area contributed by atoms with Crippen LogP contribution < -0.4 is 15.5 Å². The second kappa shape index (κ2) is 8.65. The van der Waals surface area contributed by atoms with Crippen LogP contribution in [0.3, 0.4) is 0 Å². The highest BCUT2D eigenvalue weighted by molar-refractivity contribution is 6.02. The SMILES string of the molecule is CCC(C)Nc1cnc(C(=O)Nc2ccc(N3CCCCC3)cc2)cn1. The zero-order valence-electron chi connectivity index (χ0n) is 15.5. The van der Waals surface area contributed by atoms with E-state index in [1.165, 1.54) is 31.1 Å². The lowest BCUT2D eigenvalue weighted by Gasteiger charge is -2.28. The monoisotopic (exact) mass is 353 g/mol. The Kier molecular flexibility index (Phi) is 6.04. The summed E-state index contributed by atoms with van der Waals surface area (Å²) in [5.74, 6) is 0.431. The molecule has 1 aliphatic rings. The van der Waals surface area contributed by atoms with Gasteiger partial charge in [-0.2, -0.15) is 0 Å². The summed E-state index contributed by atoms with van der Waals surface area (Å²) in [5, 5.41) is 6.11. The smallest absolute Gasteiger partial charge is 0.275 e. The van der Waals surface area contributed by atoms with Crippen molar-refractivity contribution in [3.63, 3.8) is 0 Å². The van der Waals surface area contributed by atoms with Crippen LogP contribution in [-0.4, -0.2) is 35.0 Å². The van der Waals surface area contributed by atoms with Crippen LogP contribution in [0.4, 0.5) is 17.2 Å². The lowest BCUT2D eigenvalue weighted by Crippen LogP contribution is -2.29. The van der Waals surface area contributed by atoms with Crippen LogP contribution in [0.1, 0.15) is 50.0 Å². The number of amides is 1. The quantitative estimate of drug-likeness (QED) is 0.823. The van der Waals surface area contributed by atoms with Crippen LogP contribution in [-0.2, 0) is 0 Å². The molecule has 6 heteroatoms. The third kappa shape index (κ3) is 4.71. The second-order valence-electron chi connectivity index (χ2n) is 6.79. The van der Waals surface area contributed by atoms with Gasteiger partial charge in [0.25, 0.3) is 5.91 Å². The van der Waals surface area contributed by atoms with Crippen molar-refractivity contribution in [3.05, 3.63) is 42.4 Å². The molecule has 1 aromatic carbocycles. The zero-order valence-corrected chi connectivity index (χ0v) is 15.5. The van der Waals surface area contributed by atoms with Crippen LogP contribution in [0, 0.1) is 0 Å². The number of aromatic nitrogens is 2. The van der Waals surface area contributed by atoms with E-state index in [1.807, 2.05) is 12.1 Å². The Morgan fingerprint density at radius 2 is 1.85 bits per heavy atom. The van der Waals surface area contributed by atoms with Gasteiger partial charge in [0, 0.05) is 30.5 Å². The van der Waals surface area contributed by atoms with Crippen molar-refractivity contribution in [1.29, 1.82) is 0 Å². The largest absolute Gasteiger partial charge is 0.372 e. The molecule has 3 rings (SSSR count). The maximum absolute atomic E-state index is 12.3. The van der Waals surface area contributed by atoms with E-state index in [0.717, 1.165) is 25.2 Å². The molecule has 0 spiro atoms. The lowest BCUT2D eigenvalue weighted by molar-refractivity contribution is 0.102. The van der Waals surface area contributed by atoms with Gasteiger partial charge in [-0.25, -0.2) is 9.97 Å². The average Bonchev–Trinajstić information content (AvgIpc) is 2.69. The van der Waals surface area contributed by atoms with Gasteiger partial charge < -0.3 is 15.5 Å². The van der Waals surface area contributed by atoms with E-state index in [-0.39, 0.29) is 5.91 Å². The fourth-order valence-corrected chi connectivity index (χ4v) is 2.98. The lowest BCUT2D eigenvalue weighted by atomic mass is 10.1. The van der Waals surface area contributed by atoms with Crippen LogP contribution in [0.2, 0.25) is 0 Å². The molecule has 6 nitrogen and oxygen atoms in total. The van der Waals surface area contributed by atoms with Crippen molar-refractivity contribution >= 4 is 23.1 Å². The Morgan fingerprint density at radius 1 is 1.12 bits per heavy atom. The first-order valence-electron chi connectivity index (χ1n) is 9.40. The molecule has 2 heterocycles. The minimum Gasteiger partial charge on any atom is -0.372 e. The van der Waals surface area contributed by atoms with E-state index in [4.69, 9.17) is 0 Å². The Bertz CT molecular complexity index is 708. The summed E-state index contributed by atoms with van der Waals surface area (Å²) in [6, 6.07) is 8.32. The van der Waals surface area contributed by atoms with Gasteiger partial charge in [-0.05, 0) is 56.9 Å². The Hall–Kier alpha value is -2.63. The van der Waals surface area contributed by atoms with Crippen LogP contribution in [0.15, 0.2) is 36.7 Å². The number of nitrogens with zero attached hydrogens (tertiary/aromatic N) is 3. The molecule has 0 aliphatic carbocycles. The number of rotatable bonds is 6. The summed E-state index contributed by atoms with van der Waals surface area (Å²) in [7, 11) is 0. The number of nitrogens with one attached hydrogen (secondary N) is 2. The van der Waals surface area contributed by atoms with E-state index in [2.05, 4.69) is 51.5 Å². The van der Waals surface area contributed by atoms with Crippen molar-refractivity contribution in [3.8, 4) is 0 Å². The maximum atomic E-state index is 12.3. The predicted octanol–water partition coefficient (Wildman–Crippen LogP) is 3.93. The minimum absolute atomic E-state index is 0.252. The standard InChI is InChI=1S/C20H27N5O/c1-3-15(2)23-19-14-21-18(13-22-19)20(26)24-16-7-9-17(10-8-16)25-11-5-4-6-12-25/h7-10,13-15H,3-6,11-12H2,1-2H3,(H,22,23)(H,24,26). The topological polar surface area (TPSA) is 70.2 Å². The number of carbonyl (C=O) groups is 1. The molecule has 1 unspecified atom stereocenters. The summed E-state index contributed by atoms with van der Waals surface area (Å²) in [5.41, 5.74) is 2.28. The first-order valence-corrected chi connectivity index (χ1v) is 9.40. The molecular weight excluding hydrogens is 326 g/mol. The molecule has 1 amide bonds. The molecule has 0 saturated carbocycles. The van der Waals surface area contributed by atoms with Crippen LogP contribution in [0.25, 0.3) is 0 Å². The normalized spacial score (nSPS) is 15.4. The number of hydrogen-bond donors (Lipinski definition) is 2. The van der Waals surface area contributed by atoms with Crippen molar-refractivity contribution in [1.82, 2.24) is 9.97 Å². The van der Waals surface area contributed by atoms with E-state index < -0.39 is 0 Å². The molecule has 0 radical (unpaired) electrons. The average molecular weight is 353 g/mol. The molecule has 1 saturated heterocycles. The summed E-state index contributed by atoms with van der Waals surface area (Å²) in [6.07, 6.45) is 7.91. The fourth-order valence-electron chi connectivity index (χ4n) is 2.98. The van der Waals surface area contributed by atoms with Gasteiger partial charge in [-0.3, -0.25) is 4.79 Å². The Labute approximate surface area is 155 Å². The van der Waals surface area contributed by atoms with Crippen molar-refractivity contribution in [2.45, 2.75) is 45.6 Å². The third-order valence-electron chi connectivity index (χ3n) is 4.74. The first-order chi connectivity index (χ1) is 12.7. The summed E-state index contributed by atoms with van der Waals surface area (Å²) in [4.78, 5) is 23.2. The van der Waals surface area contributed by atoms with E-state index in [1.54, 1.807) is 6.20 Å². The highest BCUT2D eigenvalue weighted by atomic mass is 16.1. The summed E-state index contributed by atoms with van der Waals surface area (Å²) >= 11 is 0. The van der Waals surface area contributed by atoms with Gasteiger partial charge in [0.1, 0.15) is 11.5 Å². The van der Waals surface area contributed by atoms with Gasteiger partial charge in [0.15, 0.2) is 0 Å². The zero-order chi connectivity index (χ0) is 18.4. The molecule has 138 valence electrons. The molecule has 2 aromatic rings. The van der Waals surface area contributed by atoms with Crippen molar-refractivity contribution in [2.24, 2.45) is 0 Å². The first kappa shape index (κ1) is 18.2. The van der Waals surface area contributed by atoms with E-state index >= 15 is 0 Å². The highest BCUT2D eigenvalue weighted by Crippen LogP contribution is 2.22. The van der Waals surface area contributed by atoms with Crippen molar-refractivity contribution in [2.75, 3.05) is 28.6 Å². The van der Waals surface area contributed by atoms with Crippen LogP contribution in [0.5, 0.6) is 0 Å². The fraction of sp³-hybridized carbons (Fsp3) is 0.450. The third-order valence-corrected chi connectivity index (χ3v) is 4.74. The van der Waals surface area contributed by atoms with Gasteiger partial charge >= 0.3 is 0 Å². The molecule has 1 aromatic heterocycles. The molecule has 1 atom stereocenters. The predicted molar refractivity (Wildman–Crippen MR) is 106 cm³/mol. The number of hydrogen-bond acceptors (Lipinski definition) is 5. The number of carbonyl (C=O) groups excluding carboxylic acids is 1. The van der Waals surface area contributed by atoms with Gasteiger partial charge in [0.2, 0.25) is 0 Å². The molecule has 2 N–H and O–H groups in total. The number of benzene rings is 1. The number of piperidine rings is 1. The highest BCUT2D eigenvalue weighted by Gasteiger charge is 2.12. The molecule has 0 bridgehead atoms. The minimum atomic E-state index is -0.252. The van der Waals surface area contributed by atoms with E-state index in [9.17, 15) is 4.79 Å². The molecule has 26 heavy (non-hydrogen) atoms. The second-order valence-corrected chi connectivity index (χ2v) is 6.79. The number of anilines is 3. The van der Waals surface area contributed by atoms with Crippen molar-refractivity contribution < 1.29 is 4.79 Å². The summed E-state index contributed by atoms with van der Waals surface area (Å²) < 4.78 is 0. The van der Waals surface area contributed by atoms with Gasteiger partial charge in [-0.1, -0.05) is 6.92 Å². The Morgan fingerprint density at radius 3 is 2.46 bits per heavy atom. The molecular formula is C20H27N5O. The van der Waals surface area contributed by atoms with Gasteiger partial charge in [-0.15, -0.1) is 0 Å². The van der Waals surface area contributed by atoms with E-state index in [0.29, 0.717) is 17.6 Å². The Balaban J connectivity index is 1.58. The molecule has 1 aliphatic heterocycles. The van der Waals surface area contributed by atoms with Crippen LogP contribution >= 0.6 is 0 Å². The van der Waals surface area contributed by atoms with Gasteiger partial charge in [0.05, 0.1) is 12.4 Å². The summed E-state index contributed by atoms with van der Waals surface area (Å²) in [6.45, 7) is 6.40. The maximum Gasteiger partial charge on any atom is 0.275 e. The molecule has 1 fully saturated rings.